The lowest BCUT2D eigenvalue weighted by atomic mass is 10.1. The third kappa shape index (κ3) is 3.17. The van der Waals surface area contributed by atoms with Gasteiger partial charge in [0.05, 0.1) is 4.91 Å². The van der Waals surface area contributed by atoms with Crippen molar-refractivity contribution in [2.45, 2.75) is 5.16 Å². The molecule has 1 fully saturated rings. The van der Waals surface area contributed by atoms with E-state index in [1.807, 2.05) is 12.3 Å². The summed E-state index contributed by atoms with van der Waals surface area (Å²) in [5.41, 5.74) is 2.29. The first-order valence-electron chi connectivity index (χ1n) is 7.13. The molecule has 25 heavy (non-hydrogen) atoms. The van der Waals surface area contributed by atoms with Gasteiger partial charge in [0.25, 0.3) is 5.91 Å². The van der Waals surface area contributed by atoms with E-state index < -0.39 is 0 Å². The molecular weight excluding hydrogens is 376 g/mol. The predicted octanol–water partition coefficient (Wildman–Crippen LogP) is 3.50. The van der Waals surface area contributed by atoms with E-state index in [1.165, 1.54) is 23.5 Å². The van der Waals surface area contributed by atoms with Crippen LogP contribution in [0.25, 0.3) is 28.2 Å². The maximum absolute atomic E-state index is 11.8. The number of carbonyl (C=O) groups is 1. The van der Waals surface area contributed by atoms with Gasteiger partial charge in [0.1, 0.15) is 15.7 Å². The van der Waals surface area contributed by atoms with Crippen molar-refractivity contribution in [1.82, 2.24) is 20.3 Å². The summed E-state index contributed by atoms with van der Waals surface area (Å²) < 4.78 is 6.39. The lowest BCUT2D eigenvalue weighted by Crippen LogP contribution is -2.17. The predicted molar refractivity (Wildman–Crippen MR) is 103 cm³/mol. The Balaban J connectivity index is 1.77. The van der Waals surface area contributed by atoms with Crippen molar-refractivity contribution in [3.8, 4) is 11.1 Å². The molecule has 0 unspecified atom stereocenters. The minimum absolute atomic E-state index is 0.213. The second-order valence-corrected chi connectivity index (χ2v) is 7.56. The third-order valence-electron chi connectivity index (χ3n) is 3.48. The largest absolute Gasteiger partial charge is 0.456 e. The molecule has 124 valence electrons. The third-order valence-corrected chi connectivity index (χ3v) is 5.22. The van der Waals surface area contributed by atoms with Crippen LogP contribution in [0.15, 0.2) is 45.3 Å². The first-order valence-corrected chi connectivity index (χ1v) is 9.58. The van der Waals surface area contributed by atoms with Crippen LogP contribution in [0.3, 0.4) is 0 Å². The van der Waals surface area contributed by atoms with Gasteiger partial charge in [0.15, 0.2) is 5.16 Å². The van der Waals surface area contributed by atoms with Gasteiger partial charge in [-0.25, -0.2) is 9.97 Å². The lowest BCUT2D eigenvalue weighted by molar-refractivity contribution is -0.115. The van der Waals surface area contributed by atoms with Gasteiger partial charge in [-0.05, 0) is 12.3 Å². The Hall–Kier alpha value is -2.23. The molecule has 0 saturated carbocycles. The van der Waals surface area contributed by atoms with E-state index >= 15 is 0 Å². The van der Waals surface area contributed by atoms with Gasteiger partial charge in [-0.15, -0.1) is 0 Å². The Kier molecular flexibility index (Phi) is 4.28. The van der Waals surface area contributed by atoms with E-state index in [0.717, 1.165) is 16.5 Å². The molecule has 1 aliphatic heterocycles. The average Bonchev–Trinajstić information content (AvgIpc) is 3.17. The zero-order valence-corrected chi connectivity index (χ0v) is 15.3. The van der Waals surface area contributed by atoms with Crippen LogP contribution in [0.1, 0.15) is 5.76 Å². The summed E-state index contributed by atoms with van der Waals surface area (Å²) in [6.07, 6.45) is 10.5. The molecule has 1 amide bonds. The van der Waals surface area contributed by atoms with Gasteiger partial charge < -0.3 is 9.73 Å². The molecule has 0 atom stereocenters. The number of hydrogen-bond donors (Lipinski definition) is 1. The summed E-state index contributed by atoms with van der Waals surface area (Å²) in [4.78, 5) is 25.1. The normalized spacial score (nSPS) is 16.0. The molecule has 0 radical (unpaired) electrons. The second-order valence-electron chi connectivity index (χ2n) is 5.06. The van der Waals surface area contributed by atoms with E-state index in [1.54, 1.807) is 30.9 Å². The Morgan fingerprint density at radius 1 is 1.28 bits per heavy atom. The smallest absolute Gasteiger partial charge is 0.263 e. The maximum Gasteiger partial charge on any atom is 0.263 e. The van der Waals surface area contributed by atoms with Crippen molar-refractivity contribution in [2.75, 3.05) is 6.26 Å². The number of carbonyl (C=O) groups excluding carboxylic acids is 1. The van der Waals surface area contributed by atoms with Crippen LogP contribution in [0.4, 0.5) is 0 Å². The summed E-state index contributed by atoms with van der Waals surface area (Å²) in [6.45, 7) is 0. The summed E-state index contributed by atoms with van der Waals surface area (Å²) >= 11 is 7.69. The number of pyridine rings is 1. The fraction of sp³-hybridized carbons (Fsp3) is 0.0625. The lowest BCUT2D eigenvalue weighted by Gasteiger charge is -2.01. The van der Waals surface area contributed by atoms with Crippen LogP contribution >= 0.6 is 35.7 Å². The van der Waals surface area contributed by atoms with E-state index in [0.29, 0.717) is 25.7 Å². The van der Waals surface area contributed by atoms with Crippen molar-refractivity contribution in [3.05, 3.63) is 41.5 Å². The first kappa shape index (κ1) is 16.2. The van der Waals surface area contributed by atoms with E-state index in [4.69, 9.17) is 16.6 Å². The fourth-order valence-corrected chi connectivity index (χ4v) is 3.71. The van der Waals surface area contributed by atoms with Crippen molar-refractivity contribution in [3.63, 3.8) is 0 Å². The number of thiocarbonyl (C=S) groups is 1. The molecule has 6 nitrogen and oxygen atoms in total. The number of amides is 1. The highest BCUT2D eigenvalue weighted by molar-refractivity contribution is 8.26. The molecule has 0 spiro atoms. The molecule has 0 bridgehead atoms. The fourth-order valence-electron chi connectivity index (χ4n) is 2.37. The first-order chi connectivity index (χ1) is 12.1. The molecule has 9 heteroatoms. The molecule has 4 heterocycles. The highest BCUT2D eigenvalue weighted by Gasteiger charge is 2.23. The molecule has 1 saturated heterocycles. The Bertz CT molecular complexity index is 1030. The highest BCUT2D eigenvalue weighted by atomic mass is 32.2. The summed E-state index contributed by atoms with van der Waals surface area (Å²) in [5.74, 6) is 0.350. The Morgan fingerprint density at radius 2 is 2.08 bits per heavy atom. The summed E-state index contributed by atoms with van der Waals surface area (Å²) in [7, 11) is 0. The minimum Gasteiger partial charge on any atom is -0.456 e. The van der Waals surface area contributed by atoms with Gasteiger partial charge >= 0.3 is 0 Å². The van der Waals surface area contributed by atoms with Crippen LogP contribution in [0.2, 0.25) is 0 Å². The second kappa shape index (κ2) is 6.58. The number of nitrogens with one attached hydrogen (secondary N) is 1. The number of thioether (sulfide) groups is 2. The quantitative estimate of drug-likeness (QED) is 0.317. The monoisotopic (exact) mass is 386 g/mol. The zero-order chi connectivity index (χ0) is 17.4. The van der Waals surface area contributed by atoms with Crippen LogP contribution in [-0.4, -0.2) is 31.4 Å². The Morgan fingerprint density at radius 3 is 2.76 bits per heavy atom. The summed E-state index contributed by atoms with van der Waals surface area (Å²) in [6, 6.07) is 1.84. The summed E-state index contributed by atoms with van der Waals surface area (Å²) in [5, 5.41) is 4.12. The minimum atomic E-state index is -0.213. The topological polar surface area (TPSA) is 80.9 Å². The van der Waals surface area contributed by atoms with Crippen LogP contribution in [0.5, 0.6) is 0 Å². The van der Waals surface area contributed by atoms with Gasteiger partial charge in [-0.2, -0.15) is 0 Å². The van der Waals surface area contributed by atoms with Gasteiger partial charge in [-0.1, -0.05) is 35.7 Å². The number of hydrogen-bond acceptors (Lipinski definition) is 8. The standard InChI is InChI=1S/C16H10N4O2S3/c1-24-15-18-5-9(6-19-15)11-7-17-4-8-2-10(22-13(8)11)3-12-14(21)20-16(23)25-12/h2-7H,1H3,(H,20,21,23)/b12-3-. The van der Waals surface area contributed by atoms with Crippen LogP contribution in [0, 0.1) is 0 Å². The number of rotatable bonds is 3. The average molecular weight is 386 g/mol. The van der Waals surface area contributed by atoms with Crippen LogP contribution in [-0.2, 0) is 4.79 Å². The number of furan rings is 1. The van der Waals surface area contributed by atoms with Gasteiger partial charge in [0.2, 0.25) is 0 Å². The molecule has 1 N–H and O–H groups in total. The molecule has 4 rings (SSSR count). The van der Waals surface area contributed by atoms with Gasteiger partial charge in [0, 0.05) is 47.4 Å². The Labute approximate surface area is 156 Å². The molecular formula is C16H10N4O2S3. The van der Waals surface area contributed by atoms with E-state index in [9.17, 15) is 4.79 Å². The van der Waals surface area contributed by atoms with Crippen molar-refractivity contribution < 1.29 is 9.21 Å². The van der Waals surface area contributed by atoms with Crippen molar-refractivity contribution in [2.24, 2.45) is 0 Å². The number of fused-ring (bicyclic) bond motifs is 1. The SMILES string of the molecule is CSc1ncc(-c2cncc3cc(/C=C4\SC(=S)NC4=O)oc23)cn1. The number of nitrogens with zero attached hydrogens (tertiary/aromatic N) is 3. The zero-order valence-electron chi connectivity index (χ0n) is 12.8. The van der Waals surface area contributed by atoms with Crippen LogP contribution < -0.4 is 5.32 Å². The van der Waals surface area contributed by atoms with Gasteiger partial charge in [-0.3, -0.25) is 9.78 Å². The molecule has 0 aliphatic carbocycles. The highest BCUT2D eigenvalue weighted by Crippen LogP contribution is 2.32. The van der Waals surface area contributed by atoms with Crippen molar-refractivity contribution in [1.29, 1.82) is 0 Å². The molecule has 1 aliphatic rings. The molecule has 3 aromatic rings. The number of aromatic nitrogens is 3. The van der Waals surface area contributed by atoms with Crippen molar-refractivity contribution >= 4 is 63.0 Å². The van der Waals surface area contributed by atoms with E-state index in [-0.39, 0.29) is 5.91 Å². The maximum atomic E-state index is 11.8. The molecule has 0 aromatic carbocycles. The molecule has 3 aromatic heterocycles. The van der Waals surface area contributed by atoms with E-state index in [2.05, 4.69) is 20.3 Å².